The number of hydrogen-bond donors (Lipinski definition) is 1. The van der Waals surface area contributed by atoms with Gasteiger partial charge in [-0.25, -0.2) is 4.98 Å². The SMILES string of the molecule is CNC(C)CCn1ccnc1C. The largest absolute Gasteiger partial charge is 0.335 e. The van der Waals surface area contributed by atoms with Crippen molar-refractivity contribution in [1.82, 2.24) is 14.9 Å². The lowest BCUT2D eigenvalue weighted by atomic mass is 10.2. The minimum Gasteiger partial charge on any atom is -0.335 e. The van der Waals surface area contributed by atoms with Crippen LogP contribution in [-0.4, -0.2) is 22.6 Å². The molecule has 3 nitrogen and oxygen atoms in total. The Labute approximate surface area is 73.8 Å². The fourth-order valence-electron chi connectivity index (χ4n) is 1.12. The predicted octanol–water partition coefficient (Wildman–Crippen LogP) is 1.19. The van der Waals surface area contributed by atoms with E-state index in [2.05, 4.69) is 21.8 Å². The Kier molecular flexibility index (Phi) is 3.29. The fourth-order valence-corrected chi connectivity index (χ4v) is 1.12. The molecule has 0 radical (unpaired) electrons. The molecular weight excluding hydrogens is 150 g/mol. The molecule has 1 heterocycles. The molecule has 0 aliphatic carbocycles. The summed E-state index contributed by atoms with van der Waals surface area (Å²) >= 11 is 0. The first-order valence-corrected chi connectivity index (χ1v) is 4.39. The molecule has 0 saturated carbocycles. The van der Waals surface area contributed by atoms with Gasteiger partial charge in [-0.2, -0.15) is 0 Å². The number of nitrogens with one attached hydrogen (secondary N) is 1. The summed E-state index contributed by atoms with van der Waals surface area (Å²) in [6.45, 7) is 5.27. The summed E-state index contributed by atoms with van der Waals surface area (Å²) in [5, 5.41) is 3.21. The second kappa shape index (κ2) is 4.26. The van der Waals surface area contributed by atoms with Gasteiger partial charge < -0.3 is 9.88 Å². The van der Waals surface area contributed by atoms with Crippen molar-refractivity contribution in [3.8, 4) is 0 Å². The van der Waals surface area contributed by atoms with Crippen LogP contribution >= 0.6 is 0 Å². The van der Waals surface area contributed by atoms with Crippen LogP contribution in [0.1, 0.15) is 19.2 Å². The van der Waals surface area contributed by atoms with Crippen LogP contribution in [0.3, 0.4) is 0 Å². The van der Waals surface area contributed by atoms with Crippen LogP contribution < -0.4 is 5.32 Å². The molecule has 1 unspecified atom stereocenters. The standard InChI is InChI=1S/C9H17N3/c1-8(10-3)4-6-12-7-5-11-9(12)2/h5,7-8,10H,4,6H2,1-3H3. The predicted molar refractivity (Wildman–Crippen MR) is 50.1 cm³/mol. The van der Waals surface area contributed by atoms with Crippen molar-refractivity contribution in [3.05, 3.63) is 18.2 Å². The van der Waals surface area contributed by atoms with E-state index in [9.17, 15) is 0 Å². The monoisotopic (exact) mass is 167 g/mol. The van der Waals surface area contributed by atoms with E-state index >= 15 is 0 Å². The fraction of sp³-hybridized carbons (Fsp3) is 0.667. The molecule has 1 aromatic heterocycles. The summed E-state index contributed by atoms with van der Waals surface area (Å²) in [5.41, 5.74) is 0. The van der Waals surface area contributed by atoms with Gasteiger partial charge in [0.1, 0.15) is 5.82 Å². The van der Waals surface area contributed by atoms with Gasteiger partial charge in [0.25, 0.3) is 0 Å². The lowest BCUT2D eigenvalue weighted by Gasteiger charge is -2.10. The molecule has 0 spiro atoms. The smallest absolute Gasteiger partial charge is 0.105 e. The van der Waals surface area contributed by atoms with Crippen molar-refractivity contribution in [2.24, 2.45) is 0 Å². The third-order valence-corrected chi connectivity index (χ3v) is 2.22. The molecule has 68 valence electrons. The Bertz CT molecular complexity index is 229. The van der Waals surface area contributed by atoms with Gasteiger partial charge in [0.2, 0.25) is 0 Å². The lowest BCUT2D eigenvalue weighted by Crippen LogP contribution is -2.22. The first-order valence-electron chi connectivity index (χ1n) is 4.39. The molecule has 0 aliphatic heterocycles. The summed E-state index contributed by atoms with van der Waals surface area (Å²) < 4.78 is 2.17. The van der Waals surface area contributed by atoms with Gasteiger partial charge in [0, 0.05) is 25.0 Å². The maximum absolute atomic E-state index is 4.16. The van der Waals surface area contributed by atoms with Crippen LogP contribution in [0, 0.1) is 6.92 Å². The molecule has 1 atom stereocenters. The van der Waals surface area contributed by atoms with Crippen LogP contribution in [0.2, 0.25) is 0 Å². The van der Waals surface area contributed by atoms with Crippen molar-refractivity contribution < 1.29 is 0 Å². The molecular formula is C9H17N3. The van der Waals surface area contributed by atoms with Gasteiger partial charge in [0.15, 0.2) is 0 Å². The van der Waals surface area contributed by atoms with Gasteiger partial charge in [-0.1, -0.05) is 0 Å². The number of nitrogens with zero attached hydrogens (tertiary/aromatic N) is 2. The Morgan fingerprint density at radius 2 is 2.42 bits per heavy atom. The first kappa shape index (κ1) is 9.26. The topological polar surface area (TPSA) is 29.9 Å². The second-order valence-electron chi connectivity index (χ2n) is 3.15. The first-order chi connectivity index (χ1) is 5.74. The van der Waals surface area contributed by atoms with Crippen molar-refractivity contribution in [1.29, 1.82) is 0 Å². The normalized spacial score (nSPS) is 13.2. The Morgan fingerprint density at radius 3 is 2.92 bits per heavy atom. The molecule has 3 heteroatoms. The van der Waals surface area contributed by atoms with Crippen LogP contribution in [0.5, 0.6) is 0 Å². The molecule has 0 bridgehead atoms. The second-order valence-corrected chi connectivity index (χ2v) is 3.15. The minimum absolute atomic E-state index is 0.576. The number of aryl methyl sites for hydroxylation is 2. The van der Waals surface area contributed by atoms with Gasteiger partial charge in [-0.05, 0) is 27.3 Å². The highest BCUT2D eigenvalue weighted by atomic mass is 15.1. The highest BCUT2D eigenvalue weighted by Crippen LogP contribution is 1.99. The van der Waals surface area contributed by atoms with Crippen LogP contribution in [-0.2, 0) is 6.54 Å². The Hall–Kier alpha value is -0.830. The third-order valence-electron chi connectivity index (χ3n) is 2.22. The molecule has 0 saturated heterocycles. The summed E-state index contributed by atoms with van der Waals surface area (Å²) in [5.74, 6) is 1.10. The van der Waals surface area contributed by atoms with Crippen molar-refractivity contribution in [2.45, 2.75) is 32.9 Å². The number of imidazole rings is 1. The van der Waals surface area contributed by atoms with E-state index in [1.165, 1.54) is 0 Å². The van der Waals surface area contributed by atoms with Gasteiger partial charge >= 0.3 is 0 Å². The van der Waals surface area contributed by atoms with E-state index < -0.39 is 0 Å². The average Bonchev–Trinajstić information content (AvgIpc) is 2.47. The lowest BCUT2D eigenvalue weighted by molar-refractivity contribution is 0.505. The summed E-state index contributed by atoms with van der Waals surface area (Å²) in [4.78, 5) is 4.16. The molecule has 0 amide bonds. The van der Waals surface area contributed by atoms with Crippen molar-refractivity contribution >= 4 is 0 Å². The van der Waals surface area contributed by atoms with Crippen molar-refractivity contribution in [2.75, 3.05) is 7.05 Å². The van der Waals surface area contributed by atoms with E-state index in [0.29, 0.717) is 6.04 Å². The quantitative estimate of drug-likeness (QED) is 0.730. The highest BCUT2D eigenvalue weighted by molar-refractivity contribution is 4.88. The minimum atomic E-state index is 0.576. The molecule has 1 rings (SSSR count). The number of aromatic nitrogens is 2. The molecule has 12 heavy (non-hydrogen) atoms. The Balaban J connectivity index is 2.38. The zero-order chi connectivity index (χ0) is 8.97. The summed E-state index contributed by atoms with van der Waals surface area (Å²) in [6.07, 6.45) is 5.02. The zero-order valence-corrected chi connectivity index (χ0v) is 8.04. The molecule has 0 aliphatic rings. The van der Waals surface area contributed by atoms with E-state index in [-0.39, 0.29) is 0 Å². The molecule has 1 aromatic rings. The zero-order valence-electron chi connectivity index (χ0n) is 8.04. The van der Waals surface area contributed by atoms with E-state index in [0.717, 1.165) is 18.8 Å². The van der Waals surface area contributed by atoms with E-state index in [4.69, 9.17) is 0 Å². The average molecular weight is 167 g/mol. The van der Waals surface area contributed by atoms with Crippen LogP contribution in [0.15, 0.2) is 12.4 Å². The van der Waals surface area contributed by atoms with Gasteiger partial charge in [-0.15, -0.1) is 0 Å². The van der Waals surface area contributed by atoms with E-state index in [1.54, 1.807) is 0 Å². The summed E-state index contributed by atoms with van der Waals surface area (Å²) in [6, 6.07) is 0.576. The number of rotatable bonds is 4. The van der Waals surface area contributed by atoms with Crippen molar-refractivity contribution in [3.63, 3.8) is 0 Å². The highest BCUT2D eigenvalue weighted by Gasteiger charge is 2.00. The van der Waals surface area contributed by atoms with Crippen LogP contribution in [0.25, 0.3) is 0 Å². The Morgan fingerprint density at radius 1 is 1.67 bits per heavy atom. The maximum atomic E-state index is 4.16. The third kappa shape index (κ3) is 2.34. The van der Waals surface area contributed by atoms with Crippen LogP contribution in [0.4, 0.5) is 0 Å². The molecule has 0 fully saturated rings. The van der Waals surface area contributed by atoms with Gasteiger partial charge in [-0.3, -0.25) is 0 Å². The van der Waals surface area contributed by atoms with Gasteiger partial charge in [0.05, 0.1) is 0 Å². The van der Waals surface area contributed by atoms with E-state index in [1.807, 2.05) is 26.4 Å². The number of hydrogen-bond acceptors (Lipinski definition) is 2. The molecule has 0 aromatic carbocycles. The maximum Gasteiger partial charge on any atom is 0.105 e. The summed E-state index contributed by atoms with van der Waals surface area (Å²) in [7, 11) is 1.99. The molecule has 1 N–H and O–H groups in total.